The summed E-state index contributed by atoms with van der Waals surface area (Å²) in [4.78, 5) is 0.263. The molecule has 2 rings (SSSR count). The van der Waals surface area contributed by atoms with E-state index in [1.165, 1.54) is 0 Å². The highest BCUT2D eigenvalue weighted by molar-refractivity contribution is 14.1. The summed E-state index contributed by atoms with van der Waals surface area (Å²) in [5, 5.41) is 0. The number of nitrogens with one attached hydrogen (secondary N) is 1. The molecule has 0 saturated heterocycles. The second-order valence-corrected chi connectivity index (χ2v) is 7.26. The molecule has 0 radical (unpaired) electrons. The van der Waals surface area contributed by atoms with E-state index in [1.54, 1.807) is 31.2 Å². The van der Waals surface area contributed by atoms with Crippen molar-refractivity contribution in [3.63, 3.8) is 0 Å². The van der Waals surface area contributed by atoms with Gasteiger partial charge in [0.05, 0.1) is 4.90 Å². The number of nitrogens with two attached hydrogens (primary N) is 1. The summed E-state index contributed by atoms with van der Waals surface area (Å²) in [5.74, 6) is 0. The molecule has 0 unspecified atom stereocenters. The SMILES string of the molecule is Cc1c(CN)cccc1S(=O)(=O)Nc1cccc(I)c1. The van der Waals surface area contributed by atoms with Crippen LogP contribution in [0.2, 0.25) is 0 Å². The van der Waals surface area contributed by atoms with Gasteiger partial charge < -0.3 is 5.73 Å². The molecule has 0 bridgehead atoms. The van der Waals surface area contributed by atoms with Gasteiger partial charge in [0, 0.05) is 15.8 Å². The van der Waals surface area contributed by atoms with Crippen molar-refractivity contribution in [1.29, 1.82) is 0 Å². The van der Waals surface area contributed by atoms with E-state index in [4.69, 9.17) is 5.73 Å². The van der Waals surface area contributed by atoms with E-state index in [0.717, 1.165) is 9.13 Å². The summed E-state index contributed by atoms with van der Waals surface area (Å²) in [6, 6.07) is 12.3. The Hall–Kier alpha value is -1.12. The molecule has 2 aromatic rings. The Balaban J connectivity index is 2.41. The normalized spacial score (nSPS) is 11.3. The standard InChI is InChI=1S/C14H15IN2O2S/c1-10-11(9-16)4-2-7-14(10)20(18,19)17-13-6-3-5-12(15)8-13/h2-8,17H,9,16H2,1H3. The summed E-state index contributed by atoms with van der Waals surface area (Å²) in [5.41, 5.74) is 7.69. The summed E-state index contributed by atoms with van der Waals surface area (Å²) < 4.78 is 28.5. The summed E-state index contributed by atoms with van der Waals surface area (Å²) in [6.45, 7) is 2.09. The largest absolute Gasteiger partial charge is 0.326 e. The van der Waals surface area contributed by atoms with Crippen molar-refractivity contribution in [1.82, 2.24) is 0 Å². The van der Waals surface area contributed by atoms with E-state index in [1.807, 2.05) is 18.2 Å². The van der Waals surface area contributed by atoms with Crippen LogP contribution in [0.4, 0.5) is 5.69 Å². The molecule has 0 atom stereocenters. The molecule has 4 nitrogen and oxygen atoms in total. The van der Waals surface area contributed by atoms with Gasteiger partial charge >= 0.3 is 0 Å². The third-order valence-electron chi connectivity index (χ3n) is 2.98. The Morgan fingerprint density at radius 3 is 2.55 bits per heavy atom. The van der Waals surface area contributed by atoms with Crippen LogP contribution in [-0.2, 0) is 16.6 Å². The molecule has 20 heavy (non-hydrogen) atoms. The Labute approximate surface area is 132 Å². The maximum absolute atomic E-state index is 12.4. The lowest BCUT2D eigenvalue weighted by molar-refractivity contribution is 0.600. The summed E-state index contributed by atoms with van der Waals surface area (Å²) >= 11 is 2.14. The zero-order chi connectivity index (χ0) is 14.8. The van der Waals surface area contributed by atoms with Crippen LogP contribution in [0, 0.1) is 10.5 Å². The first-order valence-electron chi connectivity index (χ1n) is 6.01. The molecule has 0 aliphatic heterocycles. The van der Waals surface area contributed by atoms with Crippen molar-refractivity contribution < 1.29 is 8.42 Å². The van der Waals surface area contributed by atoms with Gasteiger partial charge in [0.15, 0.2) is 0 Å². The highest BCUT2D eigenvalue weighted by atomic mass is 127. The Morgan fingerprint density at radius 2 is 1.90 bits per heavy atom. The molecule has 6 heteroatoms. The van der Waals surface area contributed by atoms with Gasteiger partial charge in [0.2, 0.25) is 0 Å². The quantitative estimate of drug-likeness (QED) is 0.773. The van der Waals surface area contributed by atoms with Gasteiger partial charge in [-0.25, -0.2) is 8.42 Å². The van der Waals surface area contributed by atoms with Crippen LogP contribution in [0.15, 0.2) is 47.4 Å². The van der Waals surface area contributed by atoms with Gasteiger partial charge in [-0.3, -0.25) is 4.72 Å². The lowest BCUT2D eigenvalue weighted by atomic mass is 10.1. The highest BCUT2D eigenvalue weighted by Crippen LogP contribution is 2.22. The number of benzene rings is 2. The molecule has 0 amide bonds. The minimum absolute atomic E-state index is 0.263. The first-order valence-corrected chi connectivity index (χ1v) is 8.57. The van der Waals surface area contributed by atoms with Crippen molar-refractivity contribution in [3.05, 3.63) is 57.2 Å². The Morgan fingerprint density at radius 1 is 1.20 bits per heavy atom. The smallest absolute Gasteiger partial charge is 0.262 e. The lowest BCUT2D eigenvalue weighted by Crippen LogP contribution is -2.15. The van der Waals surface area contributed by atoms with Crippen LogP contribution < -0.4 is 10.5 Å². The number of hydrogen-bond acceptors (Lipinski definition) is 3. The van der Waals surface area contributed by atoms with E-state index in [-0.39, 0.29) is 4.90 Å². The second kappa shape index (κ2) is 6.11. The topological polar surface area (TPSA) is 72.2 Å². The third-order valence-corrected chi connectivity index (χ3v) is 5.18. The minimum Gasteiger partial charge on any atom is -0.326 e. The van der Waals surface area contributed by atoms with Crippen LogP contribution in [0.1, 0.15) is 11.1 Å². The number of sulfonamides is 1. The maximum Gasteiger partial charge on any atom is 0.262 e. The molecule has 3 N–H and O–H groups in total. The van der Waals surface area contributed by atoms with Crippen LogP contribution in [0.25, 0.3) is 0 Å². The molecule has 0 saturated carbocycles. The van der Waals surface area contributed by atoms with Crippen LogP contribution in [0.3, 0.4) is 0 Å². The van der Waals surface area contributed by atoms with E-state index in [9.17, 15) is 8.42 Å². The maximum atomic E-state index is 12.4. The van der Waals surface area contributed by atoms with Crippen LogP contribution in [-0.4, -0.2) is 8.42 Å². The molecule has 0 heterocycles. The van der Waals surface area contributed by atoms with E-state index in [0.29, 0.717) is 17.8 Å². The van der Waals surface area contributed by atoms with Crippen molar-refractivity contribution in [2.24, 2.45) is 5.73 Å². The highest BCUT2D eigenvalue weighted by Gasteiger charge is 2.18. The van der Waals surface area contributed by atoms with E-state index < -0.39 is 10.0 Å². The van der Waals surface area contributed by atoms with Gasteiger partial charge in [-0.05, 0) is 64.9 Å². The van der Waals surface area contributed by atoms with Crippen molar-refractivity contribution >= 4 is 38.3 Å². The van der Waals surface area contributed by atoms with Crippen LogP contribution in [0.5, 0.6) is 0 Å². The van der Waals surface area contributed by atoms with Crippen molar-refractivity contribution in [2.45, 2.75) is 18.4 Å². The predicted molar refractivity (Wildman–Crippen MR) is 89.0 cm³/mol. The number of rotatable bonds is 4. The zero-order valence-electron chi connectivity index (χ0n) is 10.9. The lowest BCUT2D eigenvalue weighted by Gasteiger charge is -2.12. The summed E-state index contributed by atoms with van der Waals surface area (Å²) in [7, 11) is -3.60. The molecule has 0 aliphatic carbocycles. The fourth-order valence-corrected chi connectivity index (χ4v) is 3.82. The number of hydrogen-bond donors (Lipinski definition) is 2. The first kappa shape index (κ1) is 15.3. The van der Waals surface area contributed by atoms with Gasteiger partial charge in [-0.2, -0.15) is 0 Å². The van der Waals surface area contributed by atoms with Crippen LogP contribution >= 0.6 is 22.6 Å². The monoisotopic (exact) mass is 402 g/mol. The van der Waals surface area contributed by atoms with Crippen molar-refractivity contribution in [2.75, 3.05) is 4.72 Å². The molecule has 2 aromatic carbocycles. The van der Waals surface area contributed by atoms with E-state index >= 15 is 0 Å². The Kier molecular flexibility index (Phi) is 4.66. The first-order chi connectivity index (χ1) is 9.44. The van der Waals surface area contributed by atoms with Gasteiger partial charge in [-0.15, -0.1) is 0 Å². The number of halogens is 1. The second-order valence-electron chi connectivity index (χ2n) is 4.36. The van der Waals surface area contributed by atoms with E-state index in [2.05, 4.69) is 27.3 Å². The molecule has 106 valence electrons. The van der Waals surface area contributed by atoms with Gasteiger partial charge in [0.25, 0.3) is 10.0 Å². The average Bonchev–Trinajstić information content (AvgIpc) is 2.38. The molecule has 0 aromatic heterocycles. The molecule has 0 spiro atoms. The predicted octanol–water partition coefficient (Wildman–Crippen LogP) is 2.86. The van der Waals surface area contributed by atoms with Gasteiger partial charge in [-0.1, -0.05) is 18.2 Å². The summed E-state index contributed by atoms with van der Waals surface area (Å²) in [6.07, 6.45) is 0. The third kappa shape index (κ3) is 3.31. The zero-order valence-corrected chi connectivity index (χ0v) is 13.9. The molecular weight excluding hydrogens is 387 g/mol. The molecule has 0 aliphatic rings. The Bertz CT molecular complexity index is 730. The minimum atomic E-state index is -3.60. The fourth-order valence-electron chi connectivity index (χ4n) is 1.93. The fraction of sp³-hybridized carbons (Fsp3) is 0.143. The van der Waals surface area contributed by atoms with Crippen molar-refractivity contribution in [3.8, 4) is 0 Å². The molecular formula is C14H15IN2O2S. The van der Waals surface area contributed by atoms with Gasteiger partial charge in [0.1, 0.15) is 0 Å². The average molecular weight is 402 g/mol. The number of anilines is 1. The molecule has 0 fully saturated rings.